The van der Waals surface area contributed by atoms with Crippen molar-refractivity contribution in [1.82, 2.24) is 58.2 Å². The van der Waals surface area contributed by atoms with E-state index in [2.05, 4.69) is 58.2 Å². The highest BCUT2D eigenvalue weighted by atomic mass is 35.5. The number of amides is 8. The van der Waals surface area contributed by atoms with Crippen LogP contribution in [0.1, 0.15) is 82.3 Å². The van der Waals surface area contributed by atoms with E-state index in [9.17, 15) is 48.3 Å². The van der Waals surface area contributed by atoms with E-state index in [4.69, 9.17) is 39.6 Å². The number of rotatable bonds is 19. The fraction of sp³-hybridized carbons (Fsp3) is 0.490. The highest BCUT2D eigenvalue weighted by molar-refractivity contribution is 6.30. The molecular weight excluding hydrogens is 1010 g/mol. The van der Waals surface area contributed by atoms with Crippen LogP contribution in [-0.2, 0) is 56.0 Å². The first-order valence-corrected chi connectivity index (χ1v) is 25.4. The van der Waals surface area contributed by atoms with E-state index in [1.807, 2.05) is 6.07 Å². The Morgan fingerprint density at radius 2 is 1.37 bits per heavy atom. The number of carbonyl (C=O) groups is 9. The molecule has 1 aliphatic rings. The first-order chi connectivity index (χ1) is 36.2. The second-order valence-electron chi connectivity index (χ2n) is 18.3. The number of aromatic amines is 1. The molecule has 27 heteroatoms. The molecule has 2 heterocycles. The van der Waals surface area contributed by atoms with Gasteiger partial charge in [0.05, 0.1) is 0 Å². The molecule has 2 aromatic carbocycles. The molecule has 1 aromatic heterocycles. The van der Waals surface area contributed by atoms with Crippen LogP contribution < -0.4 is 70.4 Å². The third kappa shape index (κ3) is 20.7. The molecule has 1 saturated heterocycles. The SMILES string of the molecule is CC(=O)N[C@@H](CCCNC(=N)N)C(=O)N[C@H]1CCC(=O)NCCCC(C(=O)O)NC(=O)[C@H](Cc2c[nH]c3ccccc23)NC(=O)[C@H](CCCNC(=N)N)NC(=O)[C@@H](Cc2cccc(Cl)c2)NC(=O)[C@H](CCCN)NC1=O. The first-order valence-electron chi connectivity index (χ1n) is 25.0. The van der Waals surface area contributed by atoms with Crippen molar-refractivity contribution in [2.24, 2.45) is 17.2 Å². The maximum absolute atomic E-state index is 14.6. The van der Waals surface area contributed by atoms with Gasteiger partial charge in [-0.15, -0.1) is 0 Å². The number of nitrogens with one attached hydrogen (secondary N) is 13. The number of H-pyrrole nitrogens is 1. The van der Waals surface area contributed by atoms with Gasteiger partial charge in [-0.1, -0.05) is 41.9 Å². The van der Waals surface area contributed by atoms with Crippen LogP contribution in [-0.4, -0.2) is 144 Å². The molecule has 20 N–H and O–H groups in total. The van der Waals surface area contributed by atoms with Gasteiger partial charge >= 0.3 is 5.97 Å². The number of benzene rings is 2. The minimum Gasteiger partial charge on any atom is -0.480 e. The number of halogens is 1. The van der Waals surface area contributed by atoms with Gasteiger partial charge in [0.25, 0.3) is 0 Å². The average molecular weight is 1080 g/mol. The fourth-order valence-corrected chi connectivity index (χ4v) is 8.54. The maximum Gasteiger partial charge on any atom is 0.326 e. The van der Waals surface area contributed by atoms with Crippen LogP contribution in [0.4, 0.5) is 0 Å². The van der Waals surface area contributed by atoms with Gasteiger partial charge < -0.3 is 80.5 Å². The van der Waals surface area contributed by atoms with E-state index in [-0.39, 0.29) is 115 Å². The number of guanidine groups is 2. The predicted octanol–water partition coefficient (Wildman–Crippen LogP) is -1.94. The largest absolute Gasteiger partial charge is 0.480 e. The number of aromatic nitrogens is 1. The number of para-hydroxylation sites is 1. The Balaban J connectivity index is 1.78. The van der Waals surface area contributed by atoms with Crippen molar-refractivity contribution in [3.63, 3.8) is 0 Å². The van der Waals surface area contributed by atoms with Crippen LogP contribution in [0.3, 0.4) is 0 Å². The summed E-state index contributed by atoms with van der Waals surface area (Å²) in [7, 11) is 0. The zero-order chi connectivity index (χ0) is 55.7. The van der Waals surface area contributed by atoms with Crippen molar-refractivity contribution in [3.8, 4) is 0 Å². The van der Waals surface area contributed by atoms with Crippen molar-refractivity contribution < 1.29 is 48.3 Å². The van der Waals surface area contributed by atoms with Gasteiger partial charge in [-0.2, -0.15) is 0 Å². The molecule has 0 spiro atoms. The second kappa shape index (κ2) is 31.0. The predicted molar refractivity (Wildman–Crippen MR) is 282 cm³/mol. The molecule has 26 nitrogen and oxygen atoms in total. The molecule has 0 bridgehead atoms. The highest BCUT2D eigenvalue weighted by Crippen LogP contribution is 2.20. The molecule has 414 valence electrons. The summed E-state index contributed by atoms with van der Waals surface area (Å²) in [4.78, 5) is 127. The zero-order valence-corrected chi connectivity index (χ0v) is 43.0. The number of hydrogen-bond acceptors (Lipinski definition) is 12. The van der Waals surface area contributed by atoms with Crippen LogP contribution >= 0.6 is 11.6 Å². The van der Waals surface area contributed by atoms with Gasteiger partial charge in [0.15, 0.2) is 11.9 Å². The second-order valence-corrected chi connectivity index (χ2v) is 18.7. The van der Waals surface area contributed by atoms with Crippen LogP contribution in [0.5, 0.6) is 0 Å². The summed E-state index contributed by atoms with van der Waals surface area (Å²) < 4.78 is 0. The van der Waals surface area contributed by atoms with Crippen LogP contribution in [0.2, 0.25) is 5.02 Å². The molecule has 7 atom stereocenters. The van der Waals surface area contributed by atoms with Crippen molar-refractivity contribution in [2.45, 2.75) is 126 Å². The van der Waals surface area contributed by atoms with Gasteiger partial charge in [0.2, 0.25) is 47.3 Å². The summed E-state index contributed by atoms with van der Waals surface area (Å²) in [5, 5.41) is 52.6. The van der Waals surface area contributed by atoms with E-state index in [0.717, 1.165) is 10.9 Å². The van der Waals surface area contributed by atoms with Crippen molar-refractivity contribution in [3.05, 3.63) is 70.9 Å². The Bertz CT molecular complexity index is 2540. The third-order valence-electron chi connectivity index (χ3n) is 12.2. The molecule has 0 radical (unpaired) electrons. The summed E-state index contributed by atoms with van der Waals surface area (Å²) >= 11 is 6.34. The Hall–Kier alpha value is -8.00. The summed E-state index contributed by atoms with van der Waals surface area (Å²) in [5.41, 5.74) is 18.6. The minimum atomic E-state index is -1.50. The number of nitrogens with two attached hydrogens (primary N) is 3. The summed E-state index contributed by atoms with van der Waals surface area (Å²) in [5.74, 6) is -8.42. The number of aliphatic carboxylic acids is 1. The van der Waals surface area contributed by atoms with E-state index in [0.29, 0.717) is 16.1 Å². The van der Waals surface area contributed by atoms with E-state index in [1.165, 1.54) is 6.92 Å². The smallest absolute Gasteiger partial charge is 0.326 e. The lowest BCUT2D eigenvalue weighted by Gasteiger charge is -2.28. The van der Waals surface area contributed by atoms with E-state index >= 15 is 0 Å². The Kier molecular flexibility index (Phi) is 24.7. The van der Waals surface area contributed by atoms with Gasteiger partial charge in [0.1, 0.15) is 42.3 Å². The number of hydrogen-bond donors (Lipinski definition) is 17. The fourth-order valence-electron chi connectivity index (χ4n) is 8.33. The Morgan fingerprint density at radius 1 is 0.763 bits per heavy atom. The lowest BCUT2D eigenvalue weighted by Crippen LogP contribution is -2.60. The maximum atomic E-state index is 14.6. The summed E-state index contributed by atoms with van der Waals surface area (Å²) in [6, 6.07) is 3.78. The lowest BCUT2D eigenvalue weighted by molar-refractivity contribution is -0.142. The number of carbonyl (C=O) groups excluding carboxylic acids is 8. The molecule has 1 unspecified atom stereocenters. The van der Waals surface area contributed by atoms with Crippen LogP contribution in [0.25, 0.3) is 10.9 Å². The molecule has 4 rings (SSSR count). The van der Waals surface area contributed by atoms with Gasteiger partial charge in [-0.05, 0) is 93.7 Å². The van der Waals surface area contributed by atoms with Gasteiger partial charge in [-0.25, -0.2) is 4.79 Å². The van der Waals surface area contributed by atoms with Crippen molar-refractivity contribution in [2.75, 3.05) is 26.2 Å². The Morgan fingerprint density at radius 3 is 2.01 bits per heavy atom. The molecule has 3 aromatic rings. The molecule has 8 amide bonds. The number of carboxylic acids is 1. The first kappa shape index (κ1) is 60.6. The molecular formula is C49H71ClN16O10. The third-order valence-corrected chi connectivity index (χ3v) is 12.5. The quantitative estimate of drug-likeness (QED) is 0.0353. The minimum absolute atomic E-state index is 0.0384. The lowest BCUT2D eigenvalue weighted by atomic mass is 10.0. The van der Waals surface area contributed by atoms with Gasteiger partial charge in [-0.3, -0.25) is 49.2 Å². The molecule has 76 heavy (non-hydrogen) atoms. The average Bonchev–Trinajstić information content (AvgIpc) is 3.77. The molecule has 1 fully saturated rings. The normalized spacial score (nSPS) is 21.0. The standard InChI is InChI=1S/C49H71ClN16O10/c1-27(67)60-33(14-6-21-57-48(52)53)41(69)63-36-17-18-40(68)56-20-8-16-37(47(75)76)64-46(74)39(25-29-26-59-32-12-3-2-11-31(29)32)66-43(71)35(15-7-22-58-49(54)55)62-45(73)38(24-28-9-4-10-30(50)23-28)65-42(70)34(13-5-19-51)61-44(36)72/h2-4,9-12,23,26,33-39,59H,5-8,13-22,24-25,51H2,1H3,(H,56,68)(H,60,67)(H,61,72)(H,62,73)(H,63,69)(H,64,74)(H,65,70)(H,66,71)(H,75,76)(H4,52,53,57)(H4,54,55,58)/t33-,34-,35-,36-,37?,38+,39-/m0/s1. The summed E-state index contributed by atoms with van der Waals surface area (Å²) in [6.45, 7) is 1.46. The monoisotopic (exact) mass is 1080 g/mol. The summed E-state index contributed by atoms with van der Waals surface area (Å²) in [6.07, 6.45) is 0.958. The molecule has 0 aliphatic carbocycles. The zero-order valence-electron chi connectivity index (χ0n) is 42.3. The van der Waals surface area contributed by atoms with E-state index < -0.39 is 95.5 Å². The Labute approximate surface area is 444 Å². The highest BCUT2D eigenvalue weighted by Gasteiger charge is 2.35. The topological polar surface area (TPSA) is 436 Å². The van der Waals surface area contributed by atoms with E-state index in [1.54, 1.807) is 48.7 Å². The van der Waals surface area contributed by atoms with Crippen molar-refractivity contribution >= 4 is 87.6 Å². The molecule has 1 aliphatic heterocycles. The number of fused-ring (bicyclic) bond motifs is 1. The van der Waals surface area contributed by atoms with Crippen molar-refractivity contribution in [1.29, 1.82) is 10.8 Å². The van der Waals surface area contributed by atoms with Crippen LogP contribution in [0.15, 0.2) is 54.7 Å². The molecule has 0 saturated carbocycles. The van der Waals surface area contributed by atoms with Gasteiger partial charge in [0, 0.05) is 67.9 Å². The number of carboxylic acid groups (broad SMARTS) is 1. The van der Waals surface area contributed by atoms with Crippen LogP contribution in [0, 0.1) is 10.8 Å².